The molecule has 35 valence electrons. The van der Waals surface area contributed by atoms with Crippen LogP contribution in [0.2, 0.25) is 0 Å². The number of aliphatic hydroxyl groups is 1. The molecular formula is C2H3FeO3+2. The smallest absolute Gasteiger partial charge is 0.548 e. The second kappa shape index (κ2) is 4.95. The third kappa shape index (κ3) is 9.04. The average Bonchev–Trinajstić information content (AvgIpc) is 1.38. The summed E-state index contributed by atoms with van der Waals surface area (Å²) in [5.41, 5.74) is 0. The fourth-order valence-electron chi connectivity index (χ4n) is 0. The third-order valence-corrected chi connectivity index (χ3v) is 0.129. The number of rotatable bonds is 1. The minimum absolute atomic E-state index is 0. The molecular weight excluding hydrogens is 128 g/mol. The molecule has 0 saturated carbocycles. The van der Waals surface area contributed by atoms with Crippen LogP contribution in [-0.2, 0) is 21.9 Å². The van der Waals surface area contributed by atoms with E-state index in [1.807, 2.05) is 0 Å². The van der Waals surface area contributed by atoms with Crippen molar-refractivity contribution in [3.8, 4) is 0 Å². The number of aliphatic hydroxyl groups excluding tert-OH is 1. The Morgan fingerprint density at radius 1 is 1.83 bits per heavy atom. The Hall–Kier alpha value is -0.0505. The van der Waals surface area contributed by atoms with Crippen LogP contribution in [0.5, 0.6) is 0 Å². The van der Waals surface area contributed by atoms with Crippen molar-refractivity contribution in [2.24, 2.45) is 0 Å². The maximum Gasteiger partial charge on any atom is 3.00 e. The molecule has 0 aliphatic heterocycles. The fourth-order valence-corrected chi connectivity index (χ4v) is 0. The molecule has 0 amide bonds. The van der Waals surface area contributed by atoms with Gasteiger partial charge in [-0.3, -0.25) is 0 Å². The second-order valence-corrected chi connectivity index (χ2v) is 0.530. The molecule has 1 N–H and O–H groups in total. The van der Waals surface area contributed by atoms with E-state index in [9.17, 15) is 0 Å². The maximum atomic E-state index is 9.01. The summed E-state index contributed by atoms with van der Waals surface area (Å²) in [5.74, 6) is -1.44. The molecule has 3 nitrogen and oxygen atoms in total. The predicted molar refractivity (Wildman–Crippen MR) is 12.1 cm³/mol. The summed E-state index contributed by atoms with van der Waals surface area (Å²) in [6, 6.07) is 0. The van der Waals surface area contributed by atoms with Crippen LogP contribution < -0.4 is 5.11 Å². The second-order valence-electron chi connectivity index (χ2n) is 0.530. The summed E-state index contributed by atoms with van der Waals surface area (Å²) < 4.78 is 0. The van der Waals surface area contributed by atoms with Crippen molar-refractivity contribution >= 4 is 5.97 Å². The van der Waals surface area contributed by atoms with E-state index in [1.54, 1.807) is 0 Å². The van der Waals surface area contributed by atoms with Gasteiger partial charge in [-0.2, -0.15) is 0 Å². The number of carboxylic acids is 1. The number of hydrogen-bond acceptors (Lipinski definition) is 3. The Labute approximate surface area is 45.4 Å². The van der Waals surface area contributed by atoms with Crippen molar-refractivity contribution in [3.63, 3.8) is 0 Å². The van der Waals surface area contributed by atoms with Gasteiger partial charge in [0.05, 0.1) is 12.6 Å². The Morgan fingerprint density at radius 3 is 2.00 bits per heavy atom. The molecule has 0 atom stereocenters. The molecule has 0 aliphatic rings. The number of hydrogen-bond donors (Lipinski definition) is 1. The van der Waals surface area contributed by atoms with E-state index in [-0.39, 0.29) is 17.1 Å². The zero-order valence-corrected chi connectivity index (χ0v) is 3.93. The minimum atomic E-state index is -1.44. The maximum absolute atomic E-state index is 9.01. The van der Waals surface area contributed by atoms with Gasteiger partial charge in [0.1, 0.15) is 0 Å². The Bertz CT molecular complexity index is 44.1. The van der Waals surface area contributed by atoms with E-state index in [2.05, 4.69) is 0 Å². The summed E-state index contributed by atoms with van der Waals surface area (Å²) in [5, 5.41) is 16.5. The molecule has 4 heteroatoms. The minimum Gasteiger partial charge on any atom is -0.548 e. The first-order valence-corrected chi connectivity index (χ1v) is 1.08. The van der Waals surface area contributed by atoms with Gasteiger partial charge in [-0.15, -0.1) is 0 Å². The first-order chi connectivity index (χ1) is 2.27. The zero-order chi connectivity index (χ0) is 4.28. The van der Waals surface area contributed by atoms with Crippen molar-refractivity contribution in [2.45, 2.75) is 0 Å². The van der Waals surface area contributed by atoms with Gasteiger partial charge < -0.3 is 15.0 Å². The van der Waals surface area contributed by atoms with Crippen LogP contribution in [0.15, 0.2) is 0 Å². The van der Waals surface area contributed by atoms with Crippen LogP contribution in [0.25, 0.3) is 0 Å². The van der Waals surface area contributed by atoms with Gasteiger partial charge in [0.25, 0.3) is 0 Å². The summed E-state index contributed by atoms with van der Waals surface area (Å²) in [7, 11) is 0. The van der Waals surface area contributed by atoms with Gasteiger partial charge in [-0.1, -0.05) is 0 Å². The van der Waals surface area contributed by atoms with E-state index < -0.39 is 12.6 Å². The quantitative estimate of drug-likeness (QED) is 0.408. The number of aliphatic carboxylic acids is 1. The van der Waals surface area contributed by atoms with Crippen LogP contribution in [-0.4, -0.2) is 17.7 Å². The molecule has 0 aromatic heterocycles. The molecule has 1 radical (unpaired) electrons. The first kappa shape index (κ1) is 9.34. The van der Waals surface area contributed by atoms with Crippen LogP contribution in [0.3, 0.4) is 0 Å². The Morgan fingerprint density at radius 2 is 2.00 bits per heavy atom. The molecule has 0 unspecified atom stereocenters. The monoisotopic (exact) mass is 131 g/mol. The molecule has 6 heavy (non-hydrogen) atoms. The van der Waals surface area contributed by atoms with Gasteiger partial charge in [0, 0.05) is 0 Å². The molecule has 0 rings (SSSR count). The SMILES string of the molecule is O=C([O-])CO.[Fe+3]. The molecule has 0 heterocycles. The van der Waals surface area contributed by atoms with Gasteiger partial charge in [-0.25, -0.2) is 0 Å². The van der Waals surface area contributed by atoms with E-state index >= 15 is 0 Å². The fraction of sp³-hybridized carbons (Fsp3) is 0.500. The Kier molecular flexibility index (Phi) is 7.71. The third-order valence-electron chi connectivity index (χ3n) is 0.129. The van der Waals surface area contributed by atoms with Crippen molar-refractivity contribution < 1.29 is 32.1 Å². The molecule has 0 bridgehead atoms. The summed E-state index contributed by atoms with van der Waals surface area (Å²) in [6.45, 7) is -0.889. The molecule has 0 spiro atoms. The number of carbonyl (C=O) groups excluding carboxylic acids is 1. The van der Waals surface area contributed by atoms with E-state index in [0.29, 0.717) is 0 Å². The van der Waals surface area contributed by atoms with Crippen LogP contribution in [0.4, 0.5) is 0 Å². The molecule has 0 saturated heterocycles. The van der Waals surface area contributed by atoms with Crippen LogP contribution in [0, 0.1) is 0 Å². The van der Waals surface area contributed by atoms with Gasteiger partial charge in [-0.05, 0) is 0 Å². The van der Waals surface area contributed by atoms with Crippen molar-refractivity contribution in [1.82, 2.24) is 0 Å². The van der Waals surface area contributed by atoms with Gasteiger partial charge >= 0.3 is 17.1 Å². The molecule has 0 fully saturated rings. The summed E-state index contributed by atoms with van der Waals surface area (Å²) >= 11 is 0. The first-order valence-electron chi connectivity index (χ1n) is 1.08. The topological polar surface area (TPSA) is 60.4 Å². The predicted octanol–water partition coefficient (Wildman–Crippen LogP) is -2.27. The van der Waals surface area contributed by atoms with Crippen LogP contribution >= 0.6 is 0 Å². The van der Waals surface area contributed by atoms with Gasteiger partial charge in [0.2, 0.25) is 0 Å². The number of carbonyl (C=O) groups is 1. The standard InChI is InChI=1S/C2H4O3.Fe/c3-1-2(4)5;/h3H,1H2,(H,4,5);/q;+3/p-1. The molecule has 0 aliphatic carbocycles. The number of carboxylic acid groups (broad SMARTS) is 1. The normalized spacial score (nSPS) is 6.17. The van der Waals surface area contributed by atoms with E-state index in [0.717, 1.165) is 0 Å². The average molecular weight is 131 g/mol. The van der Waals surface area contributed by atoms with Crippen molar-refractivity contribution in [2.75, 3.05) is 6.61 Å². The Balaban J connectivity index is 0. The van der Waals surface area contributed by atoms with Crippen molar-refractivity contribution in [3.05, 3.63) is 0 Å². The van der Waals surface area contributed by atoms with E-state index in [1.165, 1.54) is 0 Å². The molecule has 0 aromatic rings. The summed E-state index contributed by atoms with van der Waals surface area (Å²) in [6.07, 6.45) is 0. The van der Waals surface area contributed by atoms with Gasteiger partial charge in [0.15, 0.2) is 0 Å². The molecule has 0 aromatic carbocycles. The largest absolute Gasteiger partial charge is 3.00 e. The summed E-state index contributed by atoms with van der Waals surface area (Å²) in [4.78, 5) is 9.01. The van der Waals surface area contributed by atoms with Crippen molar-refractivity contribution in [1.29, 1.82) is 0 Å². The van der Waals surface area contributed by atoms with E-state index in [4.69, 9.17) is 15.0 Å². The zero-order valence-electron chi connectivity index (χ0n) is 2.82. The van der Waals surface area contributed by atoms with Crippen LogP contribution in [0.1, 0.15) is 0 Å².